The van der Waals surface area contributed by atoms with E-state index in [2.05, 4.69) is 25.6 Å². The van der Waals surface area contributed by atoms with Crippen molar-refractivity contribution < 1.29 is 23.5 Å². The van der Waals surface area contributed by atoms with E-state index >= 15 is 0 Å². The molecule has 6 aromatic rings. The van der Waals surface area contributed by atoms with Crippen molar-refractivity contribution in [2.24, 2.45) is 0 Å². The van der Waals surface area contributed by atoms with Crippen LogP contribution in [0.3, 0.4) is 0 Å². The number of amides is 2. The van der Waals surface area contributed by atoms with E-state index in [0.717, 1.165) is 16.7 Å². The molecule has 2 amide bonds. The quantitative estimate of drug-likeness (QED) is 0.121. The summed E-state index contributed by atoms with van der Waals surface area (Å²) in [6.07, 6.45) is 3.72. The van der Waals surface area contributed by atoms with E-state index in [0.29, 0.717) is 33.2 Å². The van der Waals surface area contributed by atoms with Gasteiger partial charge in [0.15, 0.2) is 0 Å². The van der Waals surface area contributed by atoms with Crippen LogP contribution in [-0.2, 0) is 22.6 Å². The maximum absolute atomic E-state index is 13.4. The third kappa shape index (κ3) is 16.2. The van der Waals surface area contributed by atoms with Crippen molar-refractivity contribution in [3.8, 4) is 0 Å². The number of nitrogens with zero attached hydrogens (tertiary/aromatic N) is 4. The van der Waals surface area contributed by atoms with Crippen molar-refractivity contribution in [3.05, 3.63) is 173 Å². The Morgan fingerprint density at radius 1 is 0.789 bits per heavy atom. The Bertz CT molecular complexity index is 2140. The Morgan fingerprint density at radius 3 is 2.00 bits per heavy atom. The van der Waals surface area contributed by atoms with Gasteiger partial charge in [-0.3, -0.25) is 10.2 Å². The third-order valence-electron chi connectivity index (χ3n) is 7.52. The largest absolute Gasteiger partial charge is 0.444 e. The molecule has 0 aliphatic heterocycles. The molecule has 0 aliphatic carbocycles. The number of halogens is 3. The summed E-state index contributed by atoms with van der Waals surface area (Å²) in [7, 11) is 0. The van der Waals surface area contributed by atoms with Crippen molar-refractivity contribution >= 4 is 58.3 Å². The minimum atomic E-state index is -0.513. The summed E-state index contributed by atoms with van der Waals surface area (Å²) in [6, 6.07) is 35.7. The Kier molecular flexibility index (Phi) is 16.6. The predicted molar refractivity (Wildman–Crippen MR) is 225 cm³/mol. The first-order valence-corrected chi connectivity index (χ1v) is 18.5. The molecule has 0 saturated heterocycles. The summed E-state index contributed by atoms with van der Waals surface area (Å²) in [6.45, 7) is 7.82. The van der Waals surface area contributed by atoms with Crippen LogP contribution in [0.4, 0.5) is 36.9 Å². The van der Waals surface area contributed by atoms with Crippen LogP contribution >= 0.6 is 23.2 Å². The molecule has 0 bridgehead atoms. The molecule has 11 nitrogen and oxygen atoms in total. The van der Waals surface area contributed by atoms with Crippen molar-refractivity contribution in [1.82, 2.24) is 15.0 Å². The summed E-state index contributed by atoms with van der Waals surface area (Å²) in [5, 5.41) is 6.69. The topological polar surface area (TPSA) is 145 Å². The second-order valence-corrected chi connectivity index (χ2v) is 14.1. The van der Waals surface area contributed by atoms with Crippen LogP contribution in [0, 0.1) is 5.82 Å². The van der Waals surface area contributed by atoms with Gasteiger partial charge in [0.1, 0.15) is 34.1 Å². The van der Waals surface area contributed by atoms with Crippen LogP contribution < -0.4 is 21.3 Å². The normalized spacial score (nSPS) is 11.0. The molecule has 0 aliphatic rings. The van der Waals surface area contributed by atoms with Gasteiger partial charge in [0.2, 0.25) is 0 Å². The van der Waals surface area contributed by atoms with Crippen LogP contribution in [0.2, 0.25) is 10.3 Å². The van der Waals surface area contributed by atoms with Gasteiger partial charge in [-0.2, -0.15) is 0 Å². The van der Waals surface area contributed by atoms with Crippen molar-refractivity contribution in [3.63, 3.8) is 0 Å². The molecule has 6 rings (SSSR count). The number of hydrogen-bond acceptors (Lipinski definition) is 9. The molecule has 3 aromatic carbocycles. The highest BCUT2D eigenvalue weighted by molar-refractivity contribution is 6.29. The van der Waals surface area contributed by atoms with Crippen molar-refractivity contribution in [1.29, 1.82) is 0 Å². The summed E-state index contributed by atoms with van der Waals surface area (Å²) in [5.74, 6) is 0.307. The highest BCUT2D eigenvalue weighted by atomic mass is 35.5. The molecule has 296 valence electrons. The number of rotatable bonds is 9. The zero-order valence-corrected chi connectivity index (χ0v) is 33.4. The zero-order valence-electron chi connectivity index (χ0n) is 31.9. The van der Waals surface area contributed by atoms with Gasteiger partial charge < -0.3 is 20.5 Å². The molecule has 0 spiro atoms. The third-order valence-corrected chi connectivity index (χ3v) is 7.93. The predicted octanol–water partition coefficient (Wildman–Crippen LogP) is 11.1. The lowest BCUT2D eigenvalue weighted by Crippen LogP contribution is -2.31. The van der Waals surface area contributed by atoms with Crippen molar-refractivity contribution in [2.45, 2.75) is 52.5 Å². The monoisotopic (exact) mass is 811 g/mol. The number of benzene rings is 3. The number of nitrogens with two attached hydrogens (primary N) is 1. The number of anilines is 4. The summed E-state index contributed by atoms with van der Waals surface area (Å²) < 4.78 is 24.1. The maximum Gasteiger partial charge on any atom is 0.414 e. The maximum atomic E-state index is 13.4. The number of nitrogen functional groups attached to an aromatic ring is 1. The summed E-state index contributed by atoms with van der Waals surface area (Å²) >= 11 is 11.1. The van der Waals surface area contributed by atoms with E-state index in [1.807, 2.05) is 73.7 Å². The van der Waals surface area contributed by atoms with Crippen molar-refractivity contribution in [2.75, 3.05) is 21.3 Å². The molecule has 14 heteroatoms. The molecule has 0 fully saturated rings. The Balaban J connectivity index is 0.000000255. The Labute approximate surface area is 342 Å². The van der Waals surface area contributed by atoms with Gasteiger partial charge >= 0.3 is 12.2 Å². The molecule has 1 atom stereocenters. The Morgan fingerprint density at radius 2 is 1.40 bits per heavy atom. The van der Waals surface area contributed by atoms with Crippen LogP contribution in [-0.4, -0.2) is 32.7 Å². The first kappa shape index (κ1) is 43.5. The van der Waals surface area contributed by atoms with Gasteiger partial charge in [0.25, 0.3) is 0 Å². The second-order valence-electron chi connectivity index (χ2n) is 13.3. The fourth-order valence-corrected chi connectivity index (χ4v) is 5.22. The standard InChI is InChI=1S/C28H26FN3O2.C10H13ClN2O2.C5H5ClN2/c1-21(24-10-6-3-7-11-24)31-27-18-26(16-17-30-27)32(19-22-12-14-25(29)15-13-22)28(33)34-20-23-8-4-2-5-9-23;1-10(2,3)15-9(14)13-7-4-5-12-8(11)6-7;6-5-3-4(7)1-2-8-5/h2-18,21H,19-20H2,1H3,(H,30,31);4-6H,1-3H3,(H,12,13,14);1-3H,(H2,7,8)/t21-;;/m0../s1. The first-order chi connectivity index (χ1) is 27.2. The van der Waals surface area contributed by atoms with E-state index in [4.69, 9.17) is 38.4 Å². The van der Waals surface area contributed by atoms with Gasteiger partial charge in [-0.1, -0.05) is 96.0 Å². The van der Waals surface area contributed by atoms with Crippen LogP contribution in [0.5, 0.6) is 0 Å². The average Bonchev–Trinajstić information content (AvgIpc) is 3.17. The smallest absolute Gasteiger partial charge is 0.414 e. The number of carbonyl (C=O) groups excluding carboxylic acids is 2. The molecule has 57 heavy (non-hydrogen) atoms. The molecule has 0 unspecified atom stereocenters. The number of nitrogens with one attached hydrogen (secondary N) is 2. The van der Waals surface area contributed by atoms with Gasteiger partial charge in [0, 0.05) is 42.1 Å². The molecule has 0 saturated carbocycles. The molecular formula is C43H44Cl2FN7O4. The Hall–Kier alpha value is -6.24. The van der Waals surface area contributed by atoms with E-state index in [-0.39, 0.29) is 25.0 Å². The summed E-state index contributed by atoms with van der Waals surface area (Å²) in [4.78, 5) is 37.9. The molecule has 3 aromatic heterocycles. The fourth-order valence-electron chi connectivity index (χ4n) is 4.86. The summed E-state index contributed by atoms with van der Waals surface area (Å²) in [5.41, 5.74) is 9.45. The van der Waals surface area contributed by atoms with Crippen LogP contribution in [0.1, 0.15) is 50.4 Å². The minimum absolute atomic E-state index is 0.0273. The highest BCUT2D eigenvalue weighted by Crippen LogP contribution is 2.25. The number of aromatic nitrogens is 3. The molecule has 0 radical (unpaired) electrons. The SMILES string of the molecule is CC(C)(C)OC(=O)Nc1ccnc(Cl)c1.C[C@H](Nc1cc(N(Cc2ccc(F)cc2)C(=O)OCc2ccccc2)ccn1)c1ccccc1.Nc1ccnc(Cl)c1. The molecule has 4 N–H and O–H groups in total. The van der Waals surface area contributed by atoms with Gasteiger partial charge in [-0.25, -0.2) is 28.9 Å². The van der Waals surface area contributed by atoms with Gasteiger partial charge in [-0.05, 0) is 86.8 Å². The average molecular weight is 813 g/mol. The second kappa shape index (κ2) is 21.7. The van der Waals surface area contributed by atoms with Crippen LogP contribution in [0.15, 0.2) is 140 Å². The highest BCUT2D eigenvalue weighted by Gasteiger charge is 2.20. The van der Waals surface area contributed by atoms with Gasteiger partial charge in [-0.15, -0.1) is 0 Å². The lowest BCUT2D eigenvalue weighted by Gasteiger charge is -2.23. The van der Waals surface area contributed by atoms with Gasteiger partial charge in [0.05, 0.1) is 12.2 Å². The van der Waals surface area contributed by atoms with E-state index in [1.165, 1.54) is 23.2 Å². The zero-order chi connectivity index (χ0) is 41.2. The fraction of sp³-hybridized carbons (Fsp3) is 0.186. The lowest BCUT2D eigenvalue weighted by atomic mass is 10.1. The lowest BCUT2D eigenvalue weighted by molar-refractivity contribution is 0.0636. The van der Waals surface area contributed by atoms with Crippen LogP contribution in [0.25, 0.3) is 0 Å². The number of ether oxygens (including phenoxy) is 2. The first-order valence-electron chi connectivity index (χ1n) is 17.7. The number of carbonyl (C=O) groups is 2. The minimum Gasteiger partial charge on any atom is -0.444 e. The number of hydrogen-bond donors (Lipinski definition) is 3. The van der Waals surface area contributed by atoms with E-state index in [9.17, 15) is 14.0 Å². The number of pyridine rings is 3. The molecular weight excluding hydrogens is 768 g/mol. The molecule has 3 heterocycles. The van der Waals surface area contributed by atoms with E-state index < -0.39 is 17.8 Å². The van der Waals surface area contributed by atoms with E-state index in [1.54, 1.807) is 75.6 Å².